The first-order valence-corrected chi connectivity index (χ1v) is 9.10. The molecule has 2 aromatic heterocycles. The number of anilines is 3. The molecule has 28 heavy (non-hydrogen) atoms. The first-order chi connectivity index (χ1) is 13.5. The summed E-state index contributed by atoms with van der Waals surface area (Å²) in [6, 6.07) is 9.93. The fraction of sp³-hybridized carbons (Fsp3) is 0.167. The maximum Gasteiger partial charge on any atom is 0.413 e. The van der Waals surface area contributed by atoms with E-state index in [1.54, 1.807) is 30.3 Å². The number of carbonyl (C=O) groups is 2. The van der Waals surface area contributed by atoms with Crippen molar-refractivity contribution in [1.82, 2.24) is 14.6 Å². The summed E-state index contributed by atoms with van der Waals surface area (Å²) >= 11 is 3.41. The number of aromatic nitrogens is 3. The van der Waals surface area contributed by atoms with E-state index in [0.29, 0.717) is 39.4 Å². The number of aldehydes is 1. The molecule has 1 amide bonds. The number of nitrogens with zero attached hydrogens (tertiary/aromatic N) is 5. The molecular weight excluding hydrogens is 428 g/mol. The Morgan fingerprint density at radius 3 is 2.89 bits per heavy atom. The fourth-order valence-electron chi connectivity index (χ4n) is 3.01. The zero-order valence-corrected chi connectivity index (χ0v) is 15.9. The van der Waals surface area contributed by atoms with Gasteiger partial charge in [-0.3, -0.25) is 4.90 Å². The van der Waals surface area contributed by atoms with Crippen LogP contribution in [0, 0.1) is 17.2 Å². The summed E-state index contributed by atoms with van der Waals surface area (Å²) in [6.45, 7) is 0. The van der Waals surface area contributed by atoms with Crippen LogP contribution in [0.15, 0.2) is 41.0 Å². The molecule has 0 saturated heterocycles. The van der Waals surface area contributed by atoms with Gasteiger partial charge in [0.15, 0.2) is 5.65 Å². The highest BCUT2D eigenvalue weighted by molar-refractivity contribution is 9.10. The Morgan fingerprint density at radius 2 is 2.25 bits per heavy atom. The molecule has 1 aromatic carbocycles. The Labute approximate surface area is 167 Å². The van der Waals surface area contributed by atoms with Crippen LogP contribution in [0.4, 0.5) is 22.1 Å². The van der Waals surface area contributed by atoms with Gasteiger partial charge < -0.3 is 15.2 Å². The smallest absolute Gasteiger partial charge is 0.413 e. The molecule has 1 fully saturated rings. The first-order valence-electron chi connectivity index (χ1n) is 8.30. The molecular formula is C18H13BrN6O3. The van der Waals surface area contributed by atoms with Crippen molar-refractivity contribution in [3.63, 3.8) is 0 Å². The molecule has 0 spiro atoms. The molecule has 2 unspecified atom stereocenters. The zero-order valence-electron chi connectivity index (χ0n) is 14.3. The van der Waals surface area contributed by atoms with Crippen LogP contribution in [0.5, 0.6) is 0 Å². The van der Waals surface area contributed by atoms with E-state index in [-0.39, 0.29) is 5.92 Å². The molecule has 1 aliphatic carbocycles. The lowest BCUT2D eigenvalue weighted by molar-refractivity contribution is -0.108. The van der Waals surface area contributed by atoms with Crippen LogP contribution in [0.1, 0.15) is 12.0 Å². The maximum absolute atomic E-state index is 11.9. The number of hydrogen-bond donors (Lipinski definition) is 2. The average molecular weight is 441 g/mol. The minimum absolute atomic E-state index is 0.295. The number of benzene rings is 1. The Balaban J connectivity index is 1.76. The van der Waals surface area contributed by atoms with Gasteiger partial charge >= 0.3 is 6.09 Å². The summed E-state index contributed by atoms with van der Waals surface area (Å²) in [5, 5.41) is 26.0. The maximum atomic E-state index is 11.9. The molecule has 0 aliphatic heterocycles. The predicted octanol–water partition coefficient (Wildman–Crippen LogP) is 3.18. The Kier molecular flexibility index (Phi) is 4.44. The third-order valence-corrected chi connectivity index (χ3v) is 5.12. The van der Waals surface area contributed by atoms with Crippen LogP contribution < -0.4 is 10.2 Å². The van der Waals surface area contributed by atoms with Crippen LogP contribution in [-0.4, -0.2) is 38.1 Å². The van der Waals surface area contributed by atoms with Gasteiger partial charge in [0.05, 0.1) is 29.6 Å². The van der Waals surface area contributed by atoms with Gasteiger partial charge in [0.25, 0.3) is 0 Å². The van der Waals surface area contributed by atoms with E-state index in [9.17, 15) is 14.7 Å². The van der Waals surface area contributed by atoms with Crippen molar-refractivity contribution in [2.45, 2.75) is 12.5 Å². The van der Waals surface area contributed by atoms with Crippen molar-refractivity contribution in [2.24, 2.45) is 5.92 Å². The van der Waals surface area contributed by atoms with Gasteiger partial charge in [0, 0.05) is 22.5 Å². The van der Waals surface area contributed by atoms with Crippen LogP contribution >= 0.6 is 15.9 Å². The Bertz CT molecular complexity index is 1140. The second-order valence-electron chi connectivity index (χ2n) is 6.29. The van der Waals surface area contributed by atoms with Crippen molar-refractivity contribution in [3.05, 3.63) is 46.6 Å². The number of carboxylic acid groups (broad SMARTS) is 1. The molecule has 2 N–H and O–H groups in total. The highest BCUT2D eigenvalue weighted by Gasteiger charge is 2.45. The second-order valence-corrected chi connectivity index (χ2v) is 7.14. The molecule has 3 aromatic rings. The summed E-state index contributed by atoms with van der Waals surface area (Å²) in [6.07, 6.45) is 1.61. The first kappa shape index (κ1) is 17.9. The molecule has 4 rings (SSSR count). The number of halogens is 1. The van der Waals surface area contributed by atoms with E-state index in [2.05, 4.69) is 37.4 Å². The lowest BCUT2D eigenvalue weighted by Crippen LogP contribution is -2.34. The number of rotatable bonds is 5. The van der Waals surface area contributed by atoms with E-state index in [1.807, 2.05) is 0 Å². The number of nitriles is 1. The molecule has 0 radical (unpaired) electrons. The highest BCUT2D eigenvalue weighted by atomic mass is 79.9. The van der Waals surface area contributed by atoms with E-state index < -0.39 is 12.1 Å². The average Bonchev–Trinajstić information content (AvgIpc) is 3.28. The van der Waals surface area contributed by atoms with Crippen molar-refractivity contribution in [1.29, 1.82) is 5.26 Å². The van der Waals surface area contributed by atoms with E-state index in [1.165, 1.54) is 10.7 Å². The van der Waals surface area contributed by atoms with Crippen molar-refractivity contribution in [3.8, 4) is 6.07 Å². The van der Waals surface area contributed by atoms with Gasteiger partial charge in [0.1, 0.15) is 17.9 Å². The number of carbonyl (C=O) groups excluding carboxylic acids is 1. The van der Waals surface area contributed by atoms with Crippen LogP contribution in [0.2, 0.25) is 0 Å². The minimum Gasteiger partial charge on any atom is -0.465 e. The molecule has 9 nitrogen and oxygen atoms in total. The predicted molar refractivity (Wildman–Crippen MR) is 104 cm³/mol. The summed E-state index contributed by atoms with van der Waals surface area (Å²) in [7, 11) is 0. The third kappa shape index (κ3) is 3.16. The van der Waals surface area contributed by atoms with E-state index >= 15 is 0 Å². The fourth-order valence-corrected chi connectivity index (χ4v) is 3.49. The van der Waals surface area contributed by atoms with Crippen LogP contribution in [0.25, 0.3) is 5.65 Å². The topological polar surface area (TPSA) is 124 Å². The van der Waals surface area contributed by atoms with Crippen LogP contribution in [-0.2, 0) is 4.79 Å². The largest absolute Gasteiger partial charge is 0.465 e. The second kappa shape index (κ2) is 6.94. The molecule has 2 atom stereocenters. The Hall–Kier alpha value is -3.45. The van der Waals surface area contributed by atoms with Crippen molar-refractivity contribution >= 4 is 51.3 Å². The van der Waals surface area contributed by atoms with Gasteiger partial charge in [-0.1, -0.05) is 0 Å². The van der Waals surface area contributed by atoms with Crippen molar-refractivity contribution in [2.75, 3.05) is 10.2 Å². The Morgan fingerprint density at radius 1 is 1.43 bits per heavy atom. The van der Waals surface area contributed by atoms with E-state index in [4.69, 9.17) is 5.26 Å². The van der Waals surface area contributed by atoms with Crippen molar-refractivity contribution < 1.29 is 14.7 Å². The van der Waals surface area contributed by atoms with Gasteiger partial charge in [-0.05, 0) is 40.5 Å². The molecule has 1 aliphatic rings. The van der Waals surface area contributed by atoms with Gasteiger partial charge in [-0.25, -0.2) is 9.78 Å². The molecule has 0 bridgehead atoms. The highest BCUT2D eigenvalue weighted by Crippen LogP contribution is 2.38. The lowest BCUT2D eigenvalue weighted by atomic mass is 10.2. The number of hydrogen-bond acceptors (Lipinski definition) is 6. The normalized spacial score (nSPS) is 17.7. The summed E-state index contributed by atoms with van der Waals surface area (Å²) in [4.78, 5) is 28.5. The summed E-state index contributed by atoms with van der Waals surface area (Å²) in [5.41, 5.74) is 1.63. The van der Waals surface area contributed by atoms with Gasteiger partial charge in [0.2, 0.25) is 0 Å². The zero-order chi connectivity index (χ0) is 19.8. The van der Waals surface area contributed by atoms with Gasteiger partial charge in [-0.2, -0.15) is 14.9 Å². The van der Waals surface area contributed by atoms with E-state index in [0.717, 1.165) is 11.2 Å². The number of amides is 1. The SMILES string of the molecule is N#Cc1ccc(Nc2cc(N(C(=O)O)C3CC3C=O)n3nccc3n2)c(Br)c1. The summed E-state index contributed by atoms with van der Waals surface area (Å²) < 4.78 is 2.09. The molecule has 2 heterocycles. The molecule has 140 valence electrons. The van der Waals surface area contributed by atoms with Crippen LogP contribution in [0.3, 0.4) is 0 Å². The monoisotopic (exact) mass is 440 g/mol. The molecule has 10 heteroatoms. The standard InChI is InChI=1S/C18H13BrN6O3/c19-12-5-10(8-20)1-2-13(12)22-15-7-17(25-16(23-15)3-4-21-25)24(18(27)28)14-6-11(14)9-26/h1-5,7,9,11,14H,6H2,(H,22,23)(H,27,28). The minimum atomic E-state index is -1.16. The molecule has 1 saturated carbocycles. The third-order valence-electron chi connectivity index (χ3n) is 4.47. The number of nitrogens with one attached hydrogen (secondary N) is 1. The number of fused-ring (bicyclic) bond motifs is 1. The lowest BCUT2D eigenvalue weighted by Gasteiger charge is -2.21. The summed E-state index contributed by atoms with van der Waals surface area (Å²) in [5.74, 6) is 0.381. The quantitative estimate of drug-likeness (QED) is 0.583. The van der Waals surface area contributed by atoms with Gasteiger partial charge in [-0.15, -0.1) is 0 Å².